The fourth-order valence-corrected chi connectivity index (χ4v) is 1.80. The second-order valence-corrected chi connectivity index (χ2v) is 4.25. The van der Waals surface area contributed by atoms with E-state index in [0.29, 0.717) is 38.7 Å². The van der Waals surface area contributed by atoms with E-state index in [1.165, 1.54) is 21.2 Å². The Morgan fingerprint density at radius 3 is 2.89 bits per heavy atom. The van der Waals surface area contributed by atoms with Crippen molar-refractivity contribution >= 4 is 30.3 Å². The van der Waals surface area contributed by atoms with Crippen molar-refractivity contribution in [1.82, 2.24) is 19.3 Å². The average Bonchev–Trinajstić information content (AvgIpc) is 2.78. The third-order valence-electron chi connectivity index (χ3n) is 2.39. The Labute approximate surface area is 108 Å². The first-order valence-corrected chi connectivity index (χ1v) is 6.53. The van der Waals surface area contributed by atoms with E-state index in [4.69, 9.17) is 10.5 Å². The number of morpholine rings is 1. The summed E-state index contributed by atoms with van der Waals surface area (Å²) in [4.78, 5) is 18.3. The first-order valence-electron chi connectivity index (χ1n) is 5.35. The van der Waals surface area contributed by atoms with Gasteiger partial charge in [0.25, 0.3) is 0 Å². The molecule has 1 aliphatic rings. The SMILES string of the molecule is CSN(C=O)Nn1nc(N)nc1N1CCOCC1. The van der Waals surface area contributed by atoms with Gasteiger partial charge < -0.3 is 15.4 Å². The number of nitrogens with one attached hydrogen (secondary N) is 1. The van der Waals surface area contributed by atoms with E-state index in [0.717, 1.165) is 0 Å². The summed E-state index contributed by atoms with van der Waals surface area (Å²) in [5.74, 6) is 0.715. The predicted molar refractivity (Wildman–Crippen MR) is 68.2 cm³/mol. The van der Waals surface area contributed by atoms with Gasteiger partial charge in [0.1, 0.15) is 0 Å². The van der Waals surface area contributed by atoms with Gasteiger partial charge >= 0.3 is 0 Å². The van der Waals surface area contributed by atoms with Crippen LogP contribution in [0.15, 0.2) is 0 Å². The van der Waals surface area contributed by atoms with Gasteiger partial charge in [0.05, 0.1) is 13.2 Å². The third-order valence-corrected chi connectivity index (χ3v) is 2.95. The molecule has 2 heterocycles. The molecule has 1 aromatic heterocycles. The summed E-state index contributed by atoms with van der Waals surface area (Å²) in [5, 5.41) is 4.00. The summed E-state index contributed by atoms with van der Waals surface area (Å²) in [6, 6.07) is 0. The van der Waals surface area contributed by atoms with Crippen molar-refractivity contribution in [1.29, 1.82) is 0 Å². The lowest BCUT2D eigenvalue weighted by Crippen LogP contribution is -2.40. The molecule has 9 nitrogen and oxygen atoms in total. The topological polar surface area (TPSA) is 102 Å². The van der Waals surface area contributed by atoms with Gasteiger partial charge in [-0.25, -0.2) is 5.53 Å². The number of ether oxygens (including phenoxy) is 1. The van der Waals surface area contributed by atoms with Crippen molar-refractivity contribution in [2.45, 2.75) is 0 Å². The zero-order valence-electron chi connectivity index (χ0n) is 9.94. The molecule has 1 amide bonds. The number of rotatable bonds is 5. The lowest BCUT2D eigenvalue weighted by molar-refractivity contribution is -0.113. The number of nitrogen functional groups attached to an aromatic ring is 1. The zero-order chi connectivity index (χ0) is 13.0. The van der Waals surface area contributed by atoms with E-state index in [1.54, 1.807) is 6.26 Å². The van der Waals surface area contributed by atoms with Crippen LogP contribution in [0.2, 0.25) is 0 Å². The molecule has 10 heteroatoms. The second kappa shape index (κ2) is 5.78. The van der Waals surface area contributed by atoms with E-state index < -0.39 is 0 Å². The Balaban J connectivity index is 2.16. The molecular weight excluding hydrogens is 258 g/mol. The van der Waals surface area contributed by atoms with Crippen molar-refractivity contribution in [3.63, 3.8) is 0 Å². The number of amides is 1. The number of carbonyl (C=O) groups is 1. The highest BCUT2D eigenvalue weighted by Crippen LogP contribution is 2.14. The van der Waals surface area contributed by atoms with Gasteiger partial charge in [0.2, 0.25) is 18.3 Å². The van der Waals surface area contributed by atoms with Crippen LogP contribution < -0.4 is 16.2 Å². The highest BCUT2D eigenvalue weighted by atomic mass is 32.2. The molecule has 3 N–H and O–H groups in total. The molecule has 0 radical (unpaired) electrons. The van der Waals surface area contributed by atoms with E-state index >= 15 is 0 Å². The van der Waals surface area contributed by atoms with Crippen LogP contribution in [-0.4, -0.2) is 58.3 Å². The standard InChI is InChI=1S/C8H15N7O2S/c1-18-14(6-16)12-15-8(10-7(9)11-15)13-2-4-17-5-3-13/h6,12H,2-5H2,1H3,(H2,9,11). The molecule has 1 aromatic rings. The summed E-state index contributed by atoms with van der Waals surface area (Å²) >= 11 is 1.21. The molecule has 0 bridgehead atoms. The minimum absolute atomic E-state index is 0.149. The fraction of sp³-hybridized carbons (Fsp3) is 0.625. The summed E-state index contributed by atoms with van der Waals surface area (Å²) in [7, 11) is 0. The first-order chi connectivity index (χ1) is 8.74. The average molecular weight is 273 g/mol. The lowest BCUT2D eigenvalue weighted by Gasteiger charge is -2.28. The molecule has 1 aliphatic heterocycles. The molecule has 0 aliphatic carbocycles. The van der Waals surface area contributed by atoms with Crippen LogP contribution in [-0.2, 0) is 9.53 Å². The monoisotopic (exact) mass is 273 g/mol. The molecule has 0 saturated carbocycles. The number of hydrogen-bond donors (Lipinski definition) is 2. The van der Waals surface area contributed by atoms with E-state index in [-0.39, 0.29) is 5.95 Å². The molecule has 100 valence electrons. The van der Waals surface area contributed by atoms with Gasteiger partial charge in [0, 0.05) is 19.3 Å². The van der Waals surface area contributed by atoms with Crippen LogP contribution in [0.5, 0.6) is 0 Å². The van der Waals surface area contributed by atoms with Gasteiger partial charge in [-0.05, 0) is 11.9 Å². The quantitative estimate of drug-likeness (QED) is 0.396. The first kappa shape index (κ1) is 12.8. The Bertz CT molecular complexity index is 406. The Morgan fingerprint density at radius 1 is 1.56 bits per heavy atom. The maximum absolute atomic E-state index is 10.8. The van der Waals surface area contributed by atoms with Crippen LogP contribution in [0, 0.1) is 0 Å². The van der Waals surface area contributed by atoms with E-state index in [1.807, 2.05) is 4.90 Å². The molecule has 0 unspecified atom stereocenters. The van der Waals surface area contributed by atoms with Crippen LogP contribution >= 0.6 is 11.9 Å². The number of nitrogens with zero attached hydrogens (tertiary/aromatic N) is 5. The van der Waals surface area contributed by atoms with Crippen LogP contribution in [0.25, 0.3) is 0 Å². The van der Waals surface area contributed by atoms with E-state index in [9.17, 15) is 4.79 Å². The van der Waals surface area contributed by atoms with Gasteiger partial charge in [0.15, 0.2) is 0 Å². The smallest absolute Gasteiger partial charge is 0.248 e. The van der Waals surface area contributed by atoms with Gasteiger partial charge in [-0.2, -0.15) is 9.40 Å². The Kier molecular flexibility index (Phi) is 4.10. The number of hydrogen-bond acceptors (Lipinski definition) is 8. The molecule has 1 fully saturated rings. The summed E-state index contributed by atoms with van der Waals surface area (Å²) in [5.41, 5.74) is 8.36. The van der Waals surface area contributed by atoms with Crippen LogP contribution in [0.1, 0.15) is 0 Å². The highest BCUT2D eigenvalue weighted by molar-refractivity contribution is 7.96. The van der Waals surface area contributed by atoms with Crippen molar-refractivity contribution in [3.05, 3.63) is 0 Å². The molecular formula is C8H15N7O2S. The van der Waals surface area contributed by atoms with Gasteiger partial charge in [-0.3, -0.25) is 4.79 Å². The Morgan fingerprint density at radius 2 is 2.28 bits per heavy atom. The molecule has 1 saturated heterocycles. The number of carbonyl (C=O) groups excluding carboxylic acids is 1. The van der Waals surface area contributed by atoms with Crippen molar-refractivity contribution in [3.8, 4) is 0 Å². The highest BCUT2D eigenvalue weighted by Gasteiger charge is 2.19. The van der Waals surface area contributed by atoms with Crippen molar-refractivity contribution in [2.75, 3.05) is 48.7 Å². The lowest BCUT2D eigenvalue weighted by atomic mass is 10.4. The maximum Gasteiger partial charge on any atom is 0.248 e. The molecule has 0 aromatic carbocycles. The summed E-state index contributed by atoms with van der Waals surface area (Å²) in [6.07, 6.45) is 2.40. The second-order valence-electron chi connectivity index (χ2n) is 3.50. The van der Waals surface area contributed by atoms with Crippen molar-refractivity contribution in [2.24, 2.45) is 0 Å². The Hall–Kier alpha value is -1.68. The summed E-state index contributed by atoms with van der Waals surface area (Å²) in [6.45, 7) is 2.68. The largest absolute Gasteiger partial charge is 0.378 e. The molecule has 0 spiro atoms. The molecule has 2 rings (SSSR count). The normalized spacial score (nSPS) is 15.5. The fourth-order valence-electron chi connectivity index (χ4n) is 1.56. The van der Waals surface area contributed by atoms with Gasteiger partial charge in [-0.1, -0.05) is 0 Å². The maximum atomic E-state index is 10.8. The van der Waals surface area contributed by atoms with Crippen LogP contribution in [0.4, 0.5) is 11.9 Å². The van der Waals surface area contributed by atoms with E-state index in [2.05, 4.69) is 15.6 Å². The van der Waals surface area contributed by atoms with Crippen molar-refractivity contribution < 1.29 is 9.53 Å². The van der Waals surface area contributed by atoms with Crippen LogP contribution in [0.3, 0.4) is 0 Å². The minimum Gasteiger partial charge on any atom is -0.378 e. The number of aromatic nitrogens is 3. The zero-order valence-corrected chi connectivity index (χ0v) is 10.8. The van der Waals surface area contributed by atoms with Gasteiger partial charge in [-0.15, -0.1) is 9.89 Å². The predicted octanol–water partition coefficient (Wildman–Crippen LogP) is -1.11. The number of hydrazine groups is 1. The third kappa shape index (κ3) is 2.76. The molecule has 18 heavy (non-hydrogen) atoms. The summed E-state index contributed by atoms with van der Waals surface area (Å²) < 4.78 is 6.53. The minimum atomic E-state index is 0.149. The molecule has 0 atom stereocenters. The number of anilines is 2. The number of nitrogens with two attached hydrogens (primary N) is 1.